The molecule has 1 heterocycles. The molecule has 0 aromatic carbocycles. The third kappa shape index (κ3) is 1.46. The zero-order valence-electron chi connectivity index (χ0n) is 13.4. The number of ether oxygens (including phenoxy) is 2. The lowest BCUT2D eigenvalue weighted by molar-refractivity contribution is -0.240. The number of fused-ring (bicyclic) bond motifs is 1. The van der Waals surface area contributed by atoms with Crippen molar-refractivity contribution in [1.82, 2.24) is 5.01 Å². The molecule has 1 saturated carbocycles. The Morgan fingerprint density at radius 3 is 2.32 bits per heavy atom. The van der Waals surface area contributed by atoms with Gasteiger partial charge in [-0.3, -0.25) is 0 Å². The fourth-order valence-electron chi connectivity index (χ4n) is 3.71. The molecular formula is C14H20N6O2. The van der Waals surface area contributed by atoms with Crippen LogP contribution in [0.3, 0.4) is 0 Å². The summed E-state index contributed by atoms with van der Waals surface area (Å²) in [4.78, 5) is 4.24. The summed E-state index contributed by atoms with van der Waals surface area (Å²) in [6.07, 6.45) is 0.435. The van der Waals surface area contributed by atoms with E-state index in [2.05, 4.69) is 22.2 Å². The van der Waals surface area contributed by atoms with Crippen molar-refractivity contribution in [2.75, 3.05) is 28.3 Å². The second-order valence-electron chi connectivity index (χ2n) is 5.77. The Morgan fingerprint density at radius 2 is 1.91 bits per heavy atom. The van der Waals surface area contributed by atoms with Gasteiger partial charge >= 0.3 is 0 Å². The highest BCUT2D eigenvalue weighted by atomic mass is 16.7. The minimum absolute atomic E-state index is 0.0525. The van der Waals surface area contributed by atoms with Gasteiger partial charge in [-0.05, 0) is 12.3 Å². The zero-order valence-corrected chi connectivity index (χ0v) is 13.4. The number of nitrogens with zero attached hydrogens (tertiary/aromatic N) is 5. The molecule has 0 saturated heterocycles. The van der Waals surface area contributed by atoms with Crippen LogP contribution >= 0.6 is 0 Å². The number of aliphatic imine (C=N–C) groups is 1. The Balaban J connectivity index is 2.89. The monoisotopic (exact) mass is 304 g/mol. The van der Waals surface area contributed by atoms with E-state index in [0.29, 0.717) is 12.1 Å². The van der Waals surface area contributed by atoms with Gasteiger partial charge in [0, 0.05) is 28.3 Å². The third-order valence-corrected chi connectivity index (χ3v) is 4.63. The average molecular weight is 304 g/mol. The fourth-order valence-corrected chi connectivity index (χ4v) is 3.71. The highest BCUT2D eigenvalue weighted by Crippen LogP contribution is 2.64. The van der Waals surface area contributed by atoms with E-state index in [0.717, 1.165) is 0 Å². The molecule has 2 aliphatic rings. The van der Waals surface area contributed by atoms with Gasteiger partial charge in [-0.1, -0.05) is 6.92 Å². The molecule has 2 N–H and O–H groups in total. The maximum atomic E-state index is 10.1. The van der Waals surface area contributed by atoms with Crippen LogP contribution in [0, 0.1) is 39.4 Å². The maximum absolute atomic E-state index is 10.1. The van der Waals surface area contributed by atoms with Crippen molar-refractivity contribution in [2.45, 2.75) is 19.3 Å². The summed E-state index contributed by atoms with van der Waals surface area (Å²) in [6, 6.07) is 4.44. The minimum Gasteiger partial charge on any atom is -0.386 e. The third-order valence-electron chi connectivity index (χ3n) is 4.63. The second kappa shape index (κ2) is 4.94. The first-order chi connectivity index (χ1) is 10.3. The van der Waals surface area contributed by atoms with Crippen molar-refractivity contribution in [1.29, 1.82) is 10.5 Å². The molecule has 8 heteroatoms. The summed E-state index contributed by atoms with van der Waals surface area (Å²) in [6.45, 7) is 1.86. The predicted molar refractivity (Wildman–Crippen MR) is 79.4 cm³/mol. The van der Waals surface area contributed by atoms with Gasteiger partial charge in [-0.25, -0.2) is 4.99 Å². The highest BCUT2D eigenvalue weighted by Gasteiger charge is 2.80. The summed E-state index contributed by atoms with van der Waals surface area (Å²) in [5, 5.41) is 25.9. The van der Waals surface area contributed by atoms with E-state index in [1.54, 1.807) is 19.1 Å². The van der Waals surface area contributed by atoms with E-state index in [1.807, 2.05) is 6.92 Å². The van der Waals surface area contributed by atoms with E-state index >= 15 is 0 Å². The van der Waals surface area contributed by atoms with Gasteiger partial charge in [0.1, 0.15) is 11.3 Å². The van der Waals surface area contributed by atoms with Crippen molar-refractivity contribution in [3.8, 4) is 12.1 Å². The smallest absolute Gasteiger partial charge is 0.297 e. The molecular weight excluding hydrogens is 284 g/mol. The van der Waals surface area contributed by atoms with E-state index in [9.17, 15) is 10.5 Å². The van der Waals surface area contributed by atoms with E-state index in [4.69, 9.17) is 15.2 Å². The van der Waals surface area contributed by atoms with Crippen LogP contribution in [0.15, 0.2) is 10.1 Å². The maximum Gasteiger partial charge on any atom is 0.297 e. The van der Waals surface area contributed by atoms with Crippen LogP contribution < -0.4 is 5.73 Å². The number of hydrogen-bond acceptors (Lipinski definition) is 8. The first kappa shape index (κ1) is 16.2. The molecule has 8 nitrogen and oxygen atoms in total. The van der Waals surface area contributed by atoms with Crippen molar-refractivity contribution in [3.05, 3.63) is 0 Å². The molecule has 0 radical (unpaired) electrons. The van der Waals surface area contributed by atoms with E-state index in [1.165, 1.54) is 14.2 Å². The van der Waals surface area contributed by atoms with Gasteiger partial charge in [0.2, 0.25) is 0 Å². The van der Waals surface area contributed by atoms with Gasteiger partial charge in [0.25, 0.3) is 5.91 Å². The number of methoxy groups -OCH3 is 2. The van der Waals surface area contributed by atoms with Gasteiger partial charge in [-0.15, -0.1) is 0 Å². The van der Waals surface area contributed by atoms with Crippen LogP contribution in [0.25, 0.3) is 0 Å². The van der Waals surface area contributed by atoms with Gasteiger partial charge < -0.3 is 20.2 Å². The number of rotatable bonds is 3. The summed E-state index contributed by atoms with van der Waals surface area (Å²) in [5.41, 5.74) is 3.72. The molecule has 1 aliphatic heterocycles. The van der Waals surface area contributed by atoms with Crippen LogP contribution in [-0.2, 0) is 9.47 Å². The van der Waals surface area contributed by atoms with Crippen LogP contribution in [0.2, 0.25) is 0 Å². The average Bonchev–Trinajstić information content (AvgIpc) is 2.86. The normalized spacial score (nSPS) is 37.3. The molecule has 1 aliphatic carbocycles. The Bertz CT molecular complexity index is 624. The van der Waals surface area contributed by atoms with Gasteiger partial charge in [0.15, 0.2) is 5.41 Å². The molecule has 0 aromatic heterocycles. The van der Waals surface area contributed by atoms with E-state index < -0.39 is 16.7 Å². The van der Waals surface area contributed by atoms with Crippen LogP contribution in [-0.4, -0.2) is 50.8 Å². The zero-order chi connectivity index (χ0) is 16.8. The van der Waals surface area contributed by atoms with Gasteiger partial charge in [0.05, 0.1) is 17.9 Å². The molecule has 22 heavy (non-hydrogen) atoms. The van der Waals surface area contributed by atoms with Crippen molar-refractivity contribution in [3.63, 3.8) is 0 Å². The summed E-state index contributed by atoms with van der Waals surface area (Å²) in [7, 11) is 6.25. The molecule has 118 valence electrons. The standard InChI is InChI=1S/C14H20N6O2/c1-9-6-10(19-20(2)3)13(8-16)12(9,7-15)11(17)18-14(13,21-4)22-5/h9H,6H2,1-5H3,(H2,17,18)/b19-10-/t9-,12-,13+/m0/s1. The number of amidine groups is 1. The van der Waals surface area contributed by atoms with Crippen molar-refractivity contribution >= 4 is 11.5 Å². The Morgan fingerprint density at radius 1 is 1.32 bits per heavy atom. The Hall–Kier alpha value is -2.16. The van der Waals surface area contributed by atoms with E-state index in [-0.39, 0.29) is 11.8 Å². The SMILES string of the molecule is COC1(OC)N=C(N)[C@]2(C#N)[C@@H](C)C/C(=N/N(C)C)[C@@]12C#N. The Kier molecular flexibility index (Phi) is 3.64. The molecule has 3 atom stereocenters. The largest absolute Gasteiger partial charge is 0.386 e. The number of hydrogen-bond donors (Lipinski definition) is 1. The second-order valence-corrected chi connectivity index (χ2v) is 5.77. The van der Waals surface area contributed by atoms with Crippen LogP contribution in [0.5, 0.6) is 0 Å². The predicted octanol–water partition coefficient (Wildman–Crippen LogP) is 0.281. The molecule has 0 bridgehead atoms. The molecule has 2 rings (SSSR count). The lowest BCUT2D eigenvalue weighted by Crippen LogP contribution is -2.58. The molecule has 0 unspecified atom stereocenters. The van der Waals surface area contributed by atoms with Crippen molar-refractivity contribution < 1.29 is 9.47 Å². The lowest BCUT2D eigenvalue weighted by atomic mass is 9.62. The summed E-state index contributed by atoms with van der Waals surface area (Å²) in [5.74, 6) is -1.87. The lowest BCUT2D eigenvalue weighted by Gasteiger charge is -2.39. The summed E-state index contributed by atoms with van der Waals surface area (Å²) < 4.78 is 10.9. The quantitative estimate of drug-likeness (QED) is 0.590. The number of hydrazone groups is 1. The topological polar surface area (TPSA) is 120 Å². The molecule has 0 aromatic rings. The number of nitriles is 2. The van der Waals surface area contributed by atoms with Gasteiger partial charge in [-0.2, -0.15) is 15.6 Å². The van der Waals surface area contributed by atoms with Crippen LogP contribution in [0.1, 0.15) is 13.3 Å². The van der Waals surface area contributed by atoms with Crippen molar-refractivity contribution in [2.24, 2.45) is 32.6 Å². The number of nitrogens with two attached hydrogens (primary N) is 1. The molecule has 1 fully saturated rings. The highest BCUT2D eigenvalue weighted by molar-refractivity contribution is 6.09. The first-order valence-corrected chi connectivity index (χ1v) is 6.85. The fraction of sp³-hybridized carbons (Fsp3) is 0.714. The van der Waals surface area contributed by atoms with Crippen LogP contribution in [0.4, 0.5) is 0 Å². The molecule has 0 spiro atoms. The Labute approximate surface area is 129 Å². The first-order valence-electron chi connectivity index (χ1n) is 6.85. The molecule has 0 amide bonds. The minimum atomic E-state index is -1.68. The summed E-state index contributed by atoms with van der Waals surface area (Å²) >= 11 is 0.